The third kappa shape index (κ3) is 4.86. The topological polar surface area (TPSA) is 108 Å². The average molecular weight is 419 g/mol. The van der Waals surface area contributed by atoms with Gasteiger partial charge in [0.2, 0.25) is 6.79 Å². The summed E-state index contributed by atoms with van der Waals surface area (Å²) < 4.78 is 39.2. The lowest BCUT2D eigenvalue weighted by Gasteiger charge is -2.15. The van der Waals surface area contributed by atoms with Crippen molar-refractivity contribution < 1.29 is 32.2 Å². The lowest BCUT2D eigenvalue weighted by atomic mass is 10.1. The van der Waals surface area contributed by atoms with Crippen molar-refractivity contribution in [1.82, 2.24) is 5.32 Å². The fourth-order valence-electron chi connectivity index (χ4n) is 2.71. The molecular formula is C20H21NO7S. The molecule has 1 aliphatic heterocycles. The molecule has 2 aromatic carbocycles. The normalized spacial score (nSPS) is 13.6. The molecule has 1 aliphatic rings. The van der Waals surface area contributed by atoms with Crippen LogP contribution in [0.3, 0.4) is 0 Å². The molecule has 0 bridgehead atoms. The first-order valence-corrected chi connectivity index (χ1v) is 10.7. The Morgan fingerprint density at radius 1 is 1.14 bits per heavy atom. The fraction of sp³-hybridized carbons (Fsp3) is 0.300. The molecule has 29 heavy (non-hydrogen) atoms. The fourth-order valence-corrected chi connectivity index (χ4v) is 3.36. The van der Waals surface area contributed by atoms with Gasteiger partial charge in [0.1, 0.15) is 0 Å². The number of esters is 1. The van der Waals surface area contributed by atoms with Gasteiger partial charge in [-0.1, -0.05) is 12.1 Å². The zero-order chi connectivity index (χ0) is 21.2. The number of sulfone groups is 1. The second kappa shape index (κ2) is 8.12. The predicted molar refractivity (Wildman–Crippen MR) is 104 cm³/mol. The third-order valence-corrected chi connectivity index (χ3v) is 5.52. The highest BCUT2D eigenvalue weighted by atomic mass is 32.2. The van der Waals surface area contributed by atoms with E-state index in [1.54, 1.807) is 25.1 Å². The number of fused-ring (bicyclic) bond motifs is 1. The number of hydrogen-bond donors (Lipinski definition) is 1. The summed E-state index contributed by atoms with van der Waals surface area (Å²) in [6.45, 7) is 3.49. The van der Waals surface area contributed by atoms with Gasteiger partial charge in [-0.2, -0.15) is 0 Å². The van der Waals surface area contributed by atoms with Crippen LogP contribution in [-0.4, -0.2) is 39.4 Å². The van der Waals surface area contributed by atoms with Crippen molar-refractivity contribution in [2.24, 2.45) is 0 Å². The number of carbonyl (C=O) groups excluding carboxylic acids is 2. The van der Waals surface area contributed by atoms with E-state index >= 15 is 0 Å². The molecule has 8 nitrogen and oxygen atoms in total. The van der Waals surface area contributed by atoms with Crippen LogP contribution in [0, 0.1) is 6.92 Å². The first-order valence-electron chi connectivity index (χ1n) is 8.83. The smallest absolute Gasteiger partial charge is 0.339 e. The van der Waals surface area contributed by atoms with E-state index in [0.29, 0.717) is 17.1 Å². The number of carbonyl (C=O) groups is 2. The van der Waals surface area contributed by atoms with Crippen LogP contribution >= 0.6 is 0 Å². The maximum atomic E-state index is 12.4. The van der Waals surface area contributed by atoms with Crippen LogP contribution in [0.5, 0.6) is 11.5 Å². The Balaban J connectivity index is 1.61. The molecule has 3 rings (SSSR count). The number of aryl methyl sites for hydroxylation is 1. The van der Waals surface area contributed by atoms with Crippen molar-refractivity contribution in [3.8, 4) is 11.5 Å². The van der Waals surface area contributed by atoms with Crippen molar-refractivity contribution in [3.05, 3.63) is 53.1 Å². The molecule has 0 aliphatic carbocycles. The van der Waals surface area contributed by atoms with Gasteiger partial charge in [-0.25, -0.2) is 13.2 Å². The molecule has 1 atom stereocenters. The first-order chi connectivity index (χ1) is 13.6. The highest BCUT2D eigenvalue weighted by Crippen LogP contribution is 2.32. The van der Waals surface area contributed by atoms with Gasteiger partial charge in [-0.3, -0.25) is 4.79 Å². The Labute approximate surface area is 168 Å². The predicted octanol–water partition coefficient (Wildman–Crippen LogP) is 1.99. The van der Waals surface area contributed by atoms with E-state index < -0.39 is 27.8 Å². The zero-order valence-electron chi connectivity index (χ0n) is 16.2. The van der Waals surface area contributed by atoms with Gasteiger partial charge < -0.3 is 19.5 Å². The summed E-state index contributed by atoms with van der Waals surface area (Å²) in [5, 5.41) is 2.69. The molecule has 0 aromatic heterocycles. The Kier molecular flexibility index (Phi) is 5.78. The summed E-state index contributed by atoms with van der Waals surface area (Å²) in [6, 6.07) is 9.51. The van der Waals surface area contributed by atoms with Crippen molar-refractivity contribution >= 4 is 21.7 Å². The molecule has 0 saturated carbocycles. The molecule has 154 valence electrons. The quantitative estimate of drug-likeness (QED) is 0.714. The number of ether oxygens (including phenoxy) is 3. The van der Waals surface area contributed by atoms with Crippen molar-refractivity contribution in [1.29, 1.82) is 0 Å². The van der Waals surface area contributed by atoms with Gasteiger partial charge in [-0.15, -0.1) is 0 Å². The molecule has 1 heterocycles. The van der Waals surface area contributed by atoms with Gasteiger partial charge in [0.15, 0.2) is 27.4 Å². The van der Waals surface area contributed by atoms with E-state index in [2.05, 4.69) is 5.32 Å². The Morgan fingerprint density at radius 3 is 2.59 bits per heavy atom. The van der Waals surface area contributed by atoms with Crippen LogP contribution in [0.1, 0.15) is 28.4 Å². The zero-order valence-corrected chi connectivity index (χ0v) is 17.0. The summed E-state index contributed by atoms with van der Waals surface area (Å²) in [5.41, 5.74) is 1.46. The molecule has 1 amide bonds. The monoisotopic (exact) mass is 419 g/mol. The molecule has 2 aromatic rings. The van der Waals surface area contributed by atoms with Crippen molar-refractivity contribution in [2.75, 3.05) is 13.0 Å². The number of rotatable bonds is 6. The van der Waals surface area contributed by atoms with Gasteiger partial charge in [0.05, 0.1) is 10.5 Å². The lowest BCUT2D eigenvalue weighted by molar-refractivity contribution is -0.129. The maximum Gasteiger partial charge on any atom is 0.339 e. The molecular weight excluding hydrogens is 398 g/mol. The SMILES string of the molecule is Cc1ccc(S(C)(=O)=O)cc1C(=O)O[C@@H](C)C(=O)NCc1ccc2c(c1)OCO2. The van der Waals surface area contributed by atoms with E-state index in [9.17, 15) is 18.0 Å². The van der Waals surface area contributed by atoms with E-state index in [-0.39, 0.29) is 23.8 Å². The minimum absolute atomic E-state index is 0.00922. The largest absolute Gasteiger partial charge is 0.454 e. The van der Waals surface area contributed by atoms with E-state index in [1.807, 2.05) is 0 Å². The molecule has 0 unspecified atom stereocenters. The summed E-state index contributed by atoms with van der Waals surface area (Å²) in [5.74, 6) is 0.0122. The number of benzene rings is 2. The van der Waals surface area contributed by atoms with Gasteiger partial charge in [0, 0.05) is 12.8 Å². The maximum absolute atomic E-state index is 12.4. The number of amides is 1. The molecule has 9 heteroatoms. The number of hydrogen-bond acceptors (Lipinski definition) is 7. The van der Waals surface area contributed by atoms with Gasteiger partial charge in [0.25, 0.3) is 5.91 Å². The highest BCUT2D eigenvalue weighted by Gasteiger charge is 2.22. The van der Waals surface area contributed by atoms with E-state index in [4.69, 9.17) is 14.2 Å². The molecule has 0 spiro atoms. The van der Waals surface area contributed by atoms with Crippen LogP contribution in [-0.2, 0) is 25.9 Å². The minimum Gasteiger partial charge on any atom is -0.454 e. The highest BCUT2D eigenvalue weighted by molar-refractivity contribution is 7.90. The minimum atomic E-state index is -3.47. The van der Waals surface area contributed by atoms with Crippen molar-refractivity contribution in [2.45, 2.75) is 31.4 Å². The van der Waals surface area contributed by atoms with Gasteiger partial charge in [-0.05, 0) is 49.2 Å². The standard InChI is InChI=1S/C20H21NO7S/c1-12-4-6-15(29(3,24)25)9-16(12)20(23)28-13(2)19(22)21-10-14-5-7-17-18(8-14)27-11-26-17/h4-9,13H,10-11H2,1-3H3,(H,21,22)/t13-/m0/s1. The number of nitrogens with one attached hydrogen (secondary N) is 1. The van der Waals surface area contributed by atoms with Crippen molar-refractivity contribution in [3.63, 3.8) is 0 Å². The third-order valence-electron chi connectivity index (χ3n) is 4.41. The van der Waals surface area contributed by atoms with Gasteiger partial charge >= 0.3 is 5.97 Å². The first kappa shape index (κ1) is 20.7. The summed E-state index contributed by atoms with van der Waals surface area (Å²) in [7, 11) is -3.47. The van der Waals surface area contributed by atoms with Crippen LogP contribution in [0.25, 0.3) is 0 Å². The molecule has 0 radical (unpaired) electrons. The summed E-state index contributed by atoms with van der Waals surface area (Å²) >= 11 is 0. The van der Waals surface area contributed by atoms with Crippen LogP contribution in [0.2, 0.25) is 0 Å². The van der Waals surface area contributed by atoms with Crippen LogP contribution in [0.15, 0.2) is 41.3 Å². The average Bonchev–Trinajstić information content (AvgIpc) is 3.13. The lowest BCUT2D eigenvalue weighted by Crippen LogP contribution is -2.35. The summed E-state index contributed by atoms with van der Waals surface area (Å²) in [6.07, 6.45) is -0.00305. The second-order valence-corrected chi connectivity index (χ2v) is 8.72. The van der Waals surface area contributed by atoms with Crippen LogP contribution in [0.4, 0.5) is 0 Å². The Hall–Kier alpha value is -3.07. The van der Waals surface area contributed by atoms with Crippen LogP contribution < -0.4 is 14.8 Å². The Morgan fingerprint density at radius 2 is 1.86 bits per heavy atom. The molecule has 0 saturated heterocycles. The summed E-state index contributed by atoms with van der Waals surface area (Å²) in [4.78, 5) is 24.7. The van der Waals surface area contributed by atoms with E-state index in [0.717, 1.165) is 11.8 Å². The Bertz CT molecular complexity index is 1060. The molecule has 0 fully saturated rings. The molecule has 1 N–H and O–H groups in total. The van der Waals surface area contributed by atoms with E-state index in [1.165, 1.54) is 25.1 Å². The second-order valence-electron chi connectivity index (χ2n) is 6.70.